The molecule has 0 aromatic heterocycles. The molecule has 2 saturated heterocycles. The summed E-state index contributed by atoms with van der Waals surface area (Å²) in [6.07, 6.45) is 3.63. The summed E-state index contributed by atoms with van der Waals surface area (Å²) in [7, 11) is 0. The first-order valence-corrected chi connectivity index (χ1v) is 11.7. The van der Waals surface area contributed by atoms with Crippen LogP contribution in [0.4, 0.5) is 9.18 Å². The van der Waals surface area contributed by atoms with Gasteiger partial charge in [0.2, 0.25) is 0 Å². The van der Waals surface area contributed by atoms with Gasteiger partial charge in [-0.05, 0) is 67.3 Å². The van der Waals surface area contributed by atoms with Crippen LogP contribution in [0.3, 0.4) is 0 Å². The van der Waals surface area contributed by atoms with Crippen molar-refractivity contribution in [3.63, 3.8) is 0 Å². The Balaban J connectivity index is 1.37. The largest absolute Gasteiger partial charge is 0.339 e. The molecule has 6 nitrogen and oxygen atoms in total. The number of imide groups is 1. The van der Waals surface area contributed by atoms with E-state index >= 15 is 0 Å². The van der Waals surface area contributed by atoms with Gasteiger partial charge in [0.05, 0.1) is 0 Å². The predicted octanol–water partition coefficient (Wildman–Crippen LogP) is 3.62. The SMILES string of the molecule is O=C(c1ccccc1)N1CCC(C2(Cc3ccc(F)cc3)NC(=O)N(CC3CC3)C2=O)CC1. The van der Waals surface area contributed by atoms with Crippen molar-refractivity contribution in [2.75, 3.05) is 19.6 Å². The average molecular weight is 450 g/mol. The van der Waals surface area contributed by atoms with E-state index in [-0.39, 0.29) is 29.6 Å². The third kappa shape index (κ3) is 4.24. The quantitative estimate of drug-likeness (QED) is 0.685. The van der Waals surface area contributed by atoms with Crippen LogP contribution in [0.5, 0.6) is 0 Å². The third-order valence-electron chi connectivity index (χ3n) is 7.24. The number of halogens is 1. The first-order valence-electron chi connectivity index (χ1n) is 11.7. The molecule has 33 heavy (non-hydrogen) atoms. The molecule has 0 radical (unpaired) electrons. The maximum Gasteiger partial charge on any atom is 0.325 e. The Hall–Kier alpha value is -3.22. The number of hydrogen-bond acceptors (Lipinski definition) is 3. The van der Waals surface area contributed by atoms with Gasteiger partial charge in [0.1, 0.15) is 11.4 Å². The molecule has 5 rings (SSSR count). The molecule has 172 valence electrons. The van der Waals surface area contributed by atoms with Crippen LogP contribution in [0.25, 0.3) is 0 Å². The maximum absolute atomic E-state index is 13.7. The first-order chi connectivity index (χ1) is 16.0. The predicted molar refractivity (Wildman–Crippen MR) is 121 cm³/mol. The van der Waals surface area contributed by atoms with Gasteiger partial charge in [-0.25, -0.2) is 9.18 Å². The standard InChI is InChI=1S/C26H28FN3O3/c27-22-10-8-18(9-11-22)16-26(24(32)30(25(33)28-26)17-19-6-7-19)21-12-14-29(15-13-21)23(31)20-4-2-1-3-5-20/h1-5,8-11,19,21H,6-7,12-17H2,(H,28,33). The highest BCUT2D eigenvalue weighted by molar-refractivity contribution is 6.07. The lowest BCUT2D eigenvalue weighted by atomic mass is 9.73. The van der Waals surface area contributed by atoms with E-state index in [1.54, 1.807) is 24.3 Å². The molecule has 2 heterocycles. The van der Waals surface area contributed by atoms with E-state index in [1.165, 1.54) is 17.0 Å². The lowest BCUT2D eigenvalue weighted by Crippen LogP contribution is -2.58. The molecule has 0 spiro atoms. The van der Waals surface area contributed by atoms with Crippen LogP contribution in [0.15, 0.2) is 54.6 Å². The number of likely N-dealkylation sites (tertiary alicyclic amines) is 1. The minimum absolute atomic E-state index is 0.0150. The highest BCUT2D eigenvalue weighted by Crippen LogP contribution is 2.39. The molecular formula is C26H28FN3O3. The van der Waals surface area contributed by atoms with Crippen molar-refractivity contribution in [2.45, 2.75) is 37.6 Å². The van der Waals surface area contributed by atoms with Crippen molar-refractivity contribution in [1.82, 2.24) is 15.1 Å². The number of benzene rings is 2. The Kier molecular flexibility index (Phi) is 5.64. The summed E-state index contributed by atoms with van der Waals surface area (Å²) in [4.78, 5) is 42.6. The molecule has 2 aromatic carbocycles. The number of rotatable bonds is 6. The van der Waals surface area contributed by atoms with Crippen molar-refractivity contribution in [3.8, 4) is 0 Å². The summed E-state index contributed by atoms with van der Waals surface area (Å²) < 4.78 is 13.5. The summed E-state index contributed by atoms with van der Waals surface area (Å²) in [5.41, 5.74) is 0.394. The molecule has 1 N–H and O–H groups in total. The number of nitrogens with zero attached hydrogens (tertiary/aromatic N) is 2. The van der Waals surface area contributed by atoms with E-state index in [2.05, 4.69) is 5.32 Å². The first kappa shape index (κ1) is 21.6. The van der Waals surface area contributed by atoms with Gasteiger partial charge in [-0.15, -0.1) is 0 Å². The Bertz CT molecular complexity index is 1050. The minimum atomic E-state index is -1.06. The van der Waals surface area contributed by atoms with Gasteiger partial charge < -0.3 is 10.2 Å². The lowest BCUT2D eigenvalue weighted by Gasteiger charge is -2.41. The normalized spacial score (nSPS) is 23.7. The fourth-order valence-electron chi connectivity index (χ4n) is 5.17. The molecule has 2 aliphatic heterocycles. The second-order valence-electron chi connectivity index (χ2n) is 9.50. The van der Waals surface area contributed by atoms with Crippen molar-refractivity contribution < 1.29 is 18.8 Å². The van der Waals surface area contributed by atoms with Gasteiger partial charge >= 0.3 is 6.03 Å². The molecule has 2 aromatic rings. The van der Waals surface area contributed by atoms with Crippen LogP contribution in [0.2, 0.25) is 0 Å². The molecule has 7 heteroatoms. The van der Waals surface area contributed by atoms with E-state index in [1.807, 2.05) is 23.1 Å². The number of carbonyl (C=O) groups is 3. The number of urea groups is 1. The molecule has 4 amide bonds. The van der Waals surface area contributed by atoms with Gasteiger partial charge in [0.15, 0.2) is 0 Å². The summed E-state index contributed by atoms with van der Waals surface area (Å²) in [6.45, 7) is 1.51. The Morgan fingerprint density at radius 3 is 2.27 bits per heavy atom. The number of piperidine rings is 1. The molecule has 0 bridgehead atoms. The monoisotopic (exact) mass is 449 g/mol. The van der Waals surface area contributed by atoms with Crippen LogP contribution in [-0.2, 0) is 11.2 Å². The van der Waals surface area contributed by atoms with Gasteiger partial charge in [-0.3, -0.25) is 14.5 Å². The Morgan fingerprint density at radius 1 is 0.970 bits per heavy atom. The average Bonchev–Trinajstić information content (AvgIpc) is 3.63. The van der Waals surface area contributed by atoms with Gasteiger partial charge in [-0.1, -0.05) is 30.3 Å². The Labute approximate surface area is 192 Å². The fourth-order valence-corrected chi connectivity index (χ4v) is 5.17. The third-order valence-corrected chi connectivity index (χ3v) is 7.24. The highest BCUT2D eigenvalue weighted by Gasteiger charge is 2.56. The topological polar surface area (TPSA) is 69.7 Å². The van der Waals surface area contributed by atoms with Gasteiger partial charge in [-0.2, -0.15) is 0 Å². The maximum atomic E-state index is 13.7. The van der Waals surface area contributed by atoms with E-state index in [9.17, 15) is 18.8 Å². The van der Waals surface area contributed by atoms with Gasteiger partial charge in [0.25, 0.3) is 11.8 Å². The fraction of sp³-hybridized carbons (Fsp3) is 0.423. The van der Waals surface area contributed by atoms with Crippen LogP contribution < -0.4 is 5.32 Å². The molecule has 1 unspecified atom stereocenters. The second kappa shape index (κ2) is 8.61. The Morgan fingerprint density at radius 2 is 1.64 bits per heavy atom. The lowest BCUT2D eigenvalue weighted by molar-refractivity contribution is -0.134. The van der Waals surface area contributed by atoms with Gasteiger partial charge in [0, 0.05) is 31.6 Å². The van der Waals surface area contributed by atoms with Crippen LogP contribution in [-0.4, -0.2) is 52.8 Å². The number of carbonyl (C=O) groups excluding carboxylic acids is 3. The number of amides is 4. The summed E-state index contributed by atoms with van der Waals surface area (Å²) in [5, 5.41) is 3.05. The number of hydrogen-bond donors (Lipinski definition) is 1. The van der Waals surface area contributed by atoms with E-state index in [0.717, 1.165) is 18.4 Å². The van der Waals surface area contributed by atoms with E-state index in [0.29, 0.717) is 50.4 Å². The highest BCUT2D eigenvalue weighted by atomic mass is 19.1. The smallest absolute Gasteiger partial charge is 0.325 e. The zero-order chi connectivity index (χ0) is 23.0. The van der Waals surface area contributed by atoms with Crippen LogP contribution in [0.1, 0.15) is 41.6 Å². The summed E-state index contributed by atoms with van der Waals surface area (Å²) >= 11 is 0. The van der Waals surface area contributed by atoms with Crippen LogP contribution >= 0.6 is 0 Å². The zero-order valence-electron chi connectivity index (χ0n) is 18.5. The van der Waals surface area contributed by atoms with Crippen LogP contribution in [0, 0.1) is 17.7 Å². The van der Waals surface area contributed by atoms with Crippen molar-refractivity contribution in [2.24, 2.45) is 11.8 Å². The zero-order valence-corrected chi connectivity index (χ0v) is 18.5. The summed E-state index contributed by atoms with van der Waals surface area (Å²) in [6, 6.07) is 15.0. The van der Waals surface area contributed by atoms with Crippen molar-refractivity contribution in [3.05, 3.63) is 71.5 Å². The molecule has 1 aliphatic carbocycles. The number of nitrogens with one attached hydrogen (secondary N) is 1. The van der Waals surface area contributed by atoms with E-state index < -0.39 is 5.54 Å². The molecule has 1 atom stereocenters. The van der Waals surface area contributed by atoms with Crippen molar-refractivity contribution >= 4 is 17.8 Å². The molecule has 1 saturated carbocycles. The molecule has 3 aliphatic rings. The minimum Gasteiger partial charge on any atom is -0.339 e. The summed E-state index contributed by atoms with van der Waals surface area (Å²) in [5.74, 6) is -0.247. The molecule has 3 fully saturated rings. The molecular weight excluding hydrogens is 421 g/mol. The second-order valence-corrected chi connectivity index (χ2v) is 9.50. The van der Waals surface area contributed by atoms with Crippen molar-refractivity contribution in [1.29, 1.82) is 0 Å². The van der Waals surface area contributed by atoms with E-state index in [4.69, 9.17) is 0 Å².